The molecule has 0 saturated heterocycles. The van der Waals surface area contributed by atoms with Gasteiger partial charge in [0.25, 0.3) is 5.69 Å². The molecular weight excluding hydrogens is 227 g/mol. The van der Waals surface area contributed by atoms with Gasteiger partial charge in [0.15, 0.2) is 0 Å². The zero-order valence-corrected chi connectivity index (χ0v) is 8.89. The van der Waals surface area contributed by atoms with E-state index < -0.39 is 4.92 Å². The molecule has 1 rings (SSSR count). The van der Waals surface area contributed by atoms with Gasteiger partial charge in [0.2, 0.25) is 0 Å². The molecule has 0 heterocycles. The lowest BCUT2D eigenvalue weighted by molar-refractivity contribution is -0.383. The molecule has 1 aromatic carbocycles. The van der Waals surface area contributed by atoms with Gasteiger partial charge in [-0.25, -0.2) is 0 Å². The highest BCUT2D eigenvalue weighted by Crippen LogP contribution is 2.35. The van der Waals surface area contributed by atoms with Crippen LogP contribution in [0.25, 0.3) is 0 Å². The van der Waals surface area contributed by atoms with Crippen LogP contribution in [0.1, 0.15) is 6.92 Å². The van der Waals surface area contributed by atoms with E-state index in [0.717, 1.165) is 0 Å². The van der Waals surface area contributed by atoms with Crippen molar-refractivity contribution in [2.24, 2.45) is 0 Å². The van der Waals surface area contributed by atoms with Gasteiger partial charge in [-0.1, -0.05) is 23.2 Å². The fourth-order valence-electron chi connectivity index (χ4n) is 1.06. The van der Waals surface area contributed by atoms with E-state index in [-0.39, 0.29) is 15.7 Å². The van der Waals surface area contributed by atoms with Gasteiger partial charge in [0.05, 0.1) is 9.95 Å². The molecule has 0 radical (unpaired) electrons. The number of nitrogens with zero attached hydrogens (tertiary/aromatic N) is 1. The first-order chi connectivity index (χ1) is 6.56. The summed E-state index contributed by atoms with van der Waals surface area (Å²) in [6.07, 6.45) is 0. The molecule has 0 amide bonds. The Labute approximate surface area is 91.0 Å². The second-order valence-electron chi connectivity index (χ2n) is 2.57. The van der Waals surface area contributed by atoms with Gasteiger partial charge in [-0.3, -0.25) is 10.1 Å². The summed E-state index contributed by atoms with van der Waals surface area (Å²) in [5.74, 6) is 0. The lowest BCUT2D eigenvalue weighted by Gasteiger charge is -2.06. The summed E-state index contributed by atoms with van der Waals surface area (Å²) in [4.78, 5) is 10.1. The van der Waals surface area contributed by atoms with E-state index in [9.17, 15) is 10.1 Å². The van der Waals surface area contributed by atoms with E-state index >= 15 is 0 Å². The van der Waals surface area contributed by atoms with Gasteiger partial charge in [-0.15, -0.1) is 0 Å². The van der Waals surface area contributed by atoms with Crippen LogP contribution in [0, 0.1) is 10.1 Å². The van der Waals surface area contributed by atoms with Crippen LogP contribution < -0.4 is 5.32 Å². The van der Waals surface area contributed by atoms with E-state index in [1.807, 2.05) is 6.92 Å². The smallest absolute Gasteiger partial charge is 0.295 e. The Bertz CT molecular complexity index is 369. The van der Waals surface area contributed by atoms with Crippen LogP contribution in [0.4, 0.5) is 11.4 Å². The van der Waals surface area contributed by atoms with Crippen molar-refractivity contribution < 1.29 is 4.92 Å². The number of benzene rings is 1. The van der Waals surface area contributed by atoms with Crippen LogP contribution >= 0.6 is 23.2 Å². The molecule has 0 aromatic heterocycles. The molecule has 6 heteroatoms. The number of hydrogen-bond donors (Lipinski definition) is 1. The third-order valence-electron chi connectivity index (χ3n) is 1.58. The molecule has 0 bridgehead atoms. The van der Waals surface area contributed by atoms with Crippen molar-refractivity contribution in [3.8, 4) is 0 Å². The van der Waals surface area contributed by atoms with Crippen molar-refractivity contribution >= 4 is 34.6 Å². The molecule has 0 aliphatic heterocycles. The summed E-state index contributed by atoms with van der Waals surface area (Å²) in [5, 5.41) is 14.0. The summed E-state index contributed by atoms with van der Waals surface area (Å²) < 4.78 is 0. The maximum Gasteiger partial charge on any atom is 0.295 e. The number of hydrogen-bond acceptors (Lipinski definition) is 3. The predicted molar refractivity (Wildman–Crippen MR) is 57.3 cm³/mol. The second kappa shape index (κ2) is 4.48. The third kappa shape index (κ3) is 2.27. The lowest BCUT2D eigenvalue weighted by atomic mass is 10.2. The van der Waals surface area contributed by atoms with E-state index in [4.69, 9.17) is 23.2 Å². The number of halogens is 2. The Kier molecular flexibility index (Phi) is 3.55. The van der Waals surface area contributed by atoms with Crippen molar-refractivity contribution in [3.05, 3.63) is 32.3 Å². The van der Waals surface area contributed by atoms with E-state index in [0.29, 0.717) is 12.2 Å². The number of nitro benzene ring substituents is 1. The molecule has 0 fully saturated rings. The fourth-order valence-corrected chi connectivity index (χ4v) is 1.61. The fraction of sp³-hybridized carbons (Fsp3) is 0.250. The highest BCUT2D eigenvalue weighted by Gasteiger charge is 2.17. The van der Waals surface area contributed by atoms with Crippen molar-refractivity contribution in [2.45, 2.75) is 6.92 Å². The van der Waals surface area contributed by atoms with Crippen molar-refractivity contribution in [2.75, 3.05) is 11.9 Å². The highest BCUT2D eigenvalue weighted by atomic mass is 35.5. The van der Waals surface area contributed by atoms with Gasteiger partial charge < -0.3 is 5.32 Å². The summed E-state index contributed by atoms with van der Waals surface area (Å²) >= 11 is 11.5. The maximum absolute atomic E-state index is 10.6. The Balaban J connectivity index is 3.28. The normalized spacial score (nSPS) is 9.93. The molecule has 0 aliphatic carbocycles. The van der Waals surface area contributed by atoms with Gasteiger partial charge in [-0.05, 0) is 13.0 Å². The second-order valence-corrected chi connectivity index (χ2v) is 3.41. The number of rotatable bonds is 3. The molecule has 4 nitrogen and oxygen atoms in total. The highest BCUT2D eigenvalue weighted by molar-refractivity contribution is 6.37. The van der Waals surface area contributed by atoms with Crippen LogP contribution in [-0.2, 0) is 0 Å². The largest absolute Gasteiger partial charge is 0.379 e. The molecule has 0 aliphatic rings. The Hall–Kier alpha value is -1.00. The molecule has 0 unspecified atom stereocenters. The Morgan fingerprint density at radius 1 is 1.50 bits per heavy atom. The molecule has 0 atom stereocenters. The van der Waals surface area contributed by atoms with Crippen LogP contribution in [0.15, 0.2) is 12.1 Å². The van der Waals surface area contributed by atoms with Crippen molar-refractivity contribution in [3.63, 3.8) is 0 Å². The van der Waals surface area contributed by atoms with Crippen LogP contribution in [0.3, 0.4) is 0 Å². The average Bonchev–Trinajstić information content (AvgIpc) is 2.09. The van der Waals surface area contributed by atoms with Crippen molar-refractivity contribution in [1.82, 2.24) is 0 Å². The first-order valence-electron chi connectivity index (χ1n) is 3.93. The zero-order valence-electron chi connectivity index (χ0n) is 7.38. The van der Waals surface area contributed by atoms with Gasteiger partial charge in [0.1, 0.15) is 5.69 Å². The van der Waals surface area contributed by atoms with Crippen LogP contribution in [0.5, 0.6) is 0 Å². The number of anilines is 1. The molecule has 1 aromatic rings. The SMILES string of the molecule is CCNc1c(Cl)cc(Cl)cc1[N+](=O)[O-]. The monoisotopic (exact) mass is 234 g/mol. The summed E-state index contributed by atoms with van der Waals surface area (Å²) in [7, 11) is 0. The van der Waals surface area contributed by atoms with E-state index in [1.165, 1.54) is 12.1 Å². The summed E-state index contributed by atoms with van der Waals surface area (Å²) in [6, 6.07) is 2.74. The van der Waals surface area contributed by atoms with Crippen LogP contribution in [-0.4, -0.2) is 11.5 Å². The van der Waals surface area contributed by atoms with Gasteiger partial charge in [-0.2, -0.15) is 0 Å². The average molecular weight is 235 g/mol. The molecule has 0 saturated carbocycles. The quantitative estimate of drug-likeness (QED) is 0.645. The molecule has 76 valence electrons. The first-order valence-corrected chi connectivity index (χ1v) is 4.69. The molecule has 0 spiro atoms. The first kappa shape index (κ1) is 11.1. The predicted octanol–water partition coefficient (Wildman–Crippen LogP) is 3.33. The number of nitro groups is 1. The number of nitrogens with one attached hydrogen (secondary N) is 1. The summed E-state index contributed by atoms with van der Waals surface area (Å²) in [6.45, 7) is 2.39. The van der Waals surface area contributed by atoms with E-state index in [1.54, 1.807) is 0 Å². The topological polar surface area (TPSA) is 55.2 Å². The van der Waals surface area contributed by atoms with E-state index in [2.05, 4.69) is 5.32 Å². The lowest BCUT2D eigenvalue weighted by Crippen LogP contribution is -2.01. The minimum Gasteiger partial charge on any atom is -0.379 e. The van der Waals surface area contributed by atoms with Crippen LogP contribution in [0.2, 0.25) is 10.0 Å². The minimum atomic E-state index is -0.518. The molecular formula is C8H8Cl2N2O2. The van der Waals surface area contributed by atoms with Gasteiger partial charge in [0, 0.05) is 17.6 Å². The van der Waals surface area contributed by atoms with Gasteiger partial charge >= 0.3 is 0 Å². The standard InChI is InChI=1S/C8H8Cl2N2O2/c1-2-11-8-6(10)3-5(9)4-7(8)12(13)14/h3-4,11H,2H2,1H3. The zero-order chi connectivity index (χ0) is 10.7. The Morgan fingerprint density at radius 3 is 2.64 bits per heavy atom. The molecule has 14 heavy (non-hydrogen) atoms. The third-order valence-corrected chi connectivity index (χ3v) is 2.10. The Morgan fingerprint density at radius 2 is 2.14 bits per heavy atom. The minimum absolute atomic E-state index is 0.107. The maximum atomic E-state index is 10.6. The molecule has 1 N–H and O–H groups in total. The van der Waals surface area contributed by atoms with Crippen molar-refractivity contribution in [1.29, 1.82) is 0 Å². The summed E-state index contributed by atoms with van der Waals surface area (Å²) in [5.41, 5.74) is 0.202.